The lowest BCUT2D eigenvalue weighted by Crippen LogP contribution is -2.34. The van der Waals surface area contributed by atoms with Crippen molar-refractivity contribution < 1.29 is 31.1 Å². The molecule has 0 unspecified atom stereocenters. The topological polar surface area (TPSA) is 113 Å². The maximum absolute atomic E-state index is 13.6. The summed E-state index contributed by atoms with van der Waals surface area (Å²) in [5, 5.41) is 10.5. The molecule has 1 aliphatic rings. The van der Waals surface area contributed by atoms with Crippen molar-refractivity contribution in [1.82, 2.24) is 14.6 Å². The van der Waals surface area contributed by atoms with Gasteiger partial charge in [-0.1, -0.05) is 18.9 Å². The van der Waals surface area contributed by atoms with Gasteiger partial charge >= 0.3 is 6.18 Å². The first-order valence-electron chi connectivity index (χ1n) is 14.0. The maximum Gasteiger partial charge on any atom is 0.406 e. The third kappa shape index (κ3) is 8.14. The van der Waals surface area contributed by atoms with Crippen LogP contribution in [0.5, 0.6) is 5.75 Å². The van der Waals surface area contributed by atoms with Crippen LogP contribution in [0.15, 0.2) is 47.4 Å². The van der Waals surface area contributed by atoms with Crippen LogP contribution >= 0.6 is 0 Å². The predicted octanol–water partition coefficient (Wildman–Crippen LogP) is 4.83. The number of aromatic nitrogens is 1. The second kappa shape index (κ2) is 13.6. The molecule has 0 spiro atoms. The minimum absolute atomic E-state index is 0.00623. The van der Waals surface area contributed by atoms with Gasteiger partial charge in [0.15, 0.2) is 0 Å². The highest BCUT2D eigenvalue weighted by Crippen LogP contribution is 2.32. The van der Waals surface area contributed by atoms with Gasteiger partial charge in [-0.2, -0.15) is 13.2 Å². The molecule has 3 aromatic rings. The average Bonchev–Trinajstić information content (AvgIpc) is 3.31. The van der Waals surface area contributed by atoms with Crippen LogP contribution < -0.4 is 25.4 Å². The Hall–Kier alpha value is -3.89. The molecule has 4 N–H and O–H groups in total. The van der Waals surface area contributed by atoms with Crippen LogP contribution in [0.4, 0.5) is 24.5 Å². The molecule has 232 valence electrons. The fourth-order valence-electron chi connectivity index (χ4n) is 5.15. The largest absolute Gasteiger partial charge is 0.495 e. The monoisotopic (exact) mass is 619 g/mol. The molecule has 9 nitrogen and oxygen atoms in total. The molecule has 0 aliphatic heterocycles. The average molecular weight is 620 g/mol. The van der Waals surface area contributed by atoms with Gasteiger partial charge < -0.3 is 25.3 Å². The number of carbonyl (C=O) groups is 1. The van der Waals surface area contributed by atoms with Crippen molar-refractivity contribution in [2.75, 3.05) is 31.3 Å². The Balaban J connectivity index is 1.55. The van der Waals surface area contributed by atoms with E-state index in [1.807, 2.05) is 17.8 Å². The highest BCUT2D eigenvalue weighted by molar-refractivity contribution is 7.90. The van der Waals surface area contributed by atoms with Gasteiger partial charge in [0.05, 0.1) is 35.4 Å². The normalized spacial score (nSPS) is 17.2. The quantitative estimate of drug-likeness (QED) is 0.241. The summed E-state index contributed by atoms with van der Waals surface area (Å²) in [7, 11) is -0.753. The summed E-state index contributed by atoms with van der Waals surface area (Å²) in [4.78, 5) is 11.4. The van der Waals surface area contributed by atoms with Crippen LogP contribution in [-0.4, -0.2) is 57.9 Å². The number of halogens is 3. The number of methoxy groups -OCH3 is 1. The van der Waals surface area contributed by atoms with E-state index < -0.39 is 28.7 Å². The van der Waals surface area contributed by atoms with Gasteiger partial charge in [0, 0.05) is 35.6 Å². The van der Waals surface area contributed by atoms with E-state index in [0.29, 0.717) is 22.6 Å². The Morgan fingerprint density at radius 3 is 2.44 bits per heavy atom. The molecule has 1 aliphatic carbocycles. The fourth-order valence-corrected chi connectivity index (χ4v) is 6.22. The number of anilines is 2. The number of alkyl halides is 3. The molecule has 43 heavy (non-hydrogen) atoms. The lowest BCUT2D eigenvalue weighted by Gasteiger charge is -2.29. The number of amides is 1. The Kier molecular flexibility index (Phi) is 10.1. The number of carbonyl (C=O) groups excluding carboxylic acids is 1. The lowest BCUT2D eigenvalue weighted by molar-refractivity contribution is -0.140. The third-order valence-electron chi connectivity index (χ3n) is 7.41. The smallest absolute Gasteiger partial charge is 0.406 e. The lowest BCUT2D eigenvalue weighted by atomic mass is 9.91. The molecule has 1 aromatic heterocycles. The Morgan fingerprint density at radius 2 is 1.79 bits per heavy atom. The van der Waals surface area contributed by atoms with E-state index >= 15 is 0 Å². The number of ether oxygens (including phenoxy) is 1. The maximum atomic E-state index is 13.6. The second-order valence-electron chi connectivity index (χ2n) is 10.4. The Labute approximate surface area is 249 Å². The first kappa shape index (κ1) is 32.0. The highest BCUT2D eigenvalue weighted by atomic mass is 32.2. The summed E-state index contributed by atoms with van der Waals surface area (Å²) >= 11 is 0. The van der Waals surface area contributed by atoms with E-state index in [9.17, 15) is 26.4 Å². The number of nitrogens with one attached hydrogen (secondary N) is 4. The molecular weight excluding hydrogens is 583 g/mol. The molecule has 0 bridgehead atoms. The number of hydrogen-bond acceptors (Lipinski definition) is 7. The summed E-state index contributed by atoms with van der Waals surface area (Å²) in [6, 6.07) is 11.7. The number of sulfonamides is 1. The first-order chi connectivity index (χ1) is 20.4. The summed E-state index contributed by atoms with van der Waals surface area (Å²) in [6.07, 6.45) is -0.447. The van der Waals surface area contributed by atoms with Gasteiger partial charge in [-0.15, -0.1) is 0 Å². The first-order valence-corrected chi connectivity index (χ1v) is 15.5. The SMILES string of the molecule is CCC(=O)NS(=O)(=O)c1ccc(NCC#Cc2cc3c(N[C@H]4CC[C@H](NC)CC4)cccc3n2CC(F)(F)F)c(OC)c1. The Bertz CT molecular complexity index is 1620. The molecule has 4 rings (SSSR count). The van der Waals surface area contributed by atoms with E-state index in [2.05, 4.69) is 27.8 Å². The fraction of sp³-hybridized carbons (Fsp3) is 0.433. The molecular formula is C30H36F3N5O4S. The van der Waals surface area contributed by atoms with E-state index in [-0.39, 0.29) is 35.3 Å². The van der Waals surface area contributed by atoms with Crippen LogP contribution in [0.25, 0.3) is 10.9 Å². The van der Waals surface area contributed by atoms with Gasteiger partial charge in [0.25, 0.3) is 10.0 Å². The van der Waals surface area contributed by atoms with Crippen molar-refractivity contribution in [3.63, 3.8) is 0 Å². The number of rotatable bonds is 10. The Morgan fingerprint density at radius 1 is 1.07 bits per heavy atom. The van der Waals surface area contributed by atoms with Crippen LogP contribution in [0, 0.1) is 11.8 Å². The van der Waals surface area contributed by atoms with Gasteiger partial charge in [-0.3, -0.25) is 4.79 Å². The van der Waals surface area contributed by atoms with Crippen molar-refractivity contribution >= 4 is 38.2 Å². The molecule has 1 amide bonds. The van der Waals surface area contributed by atoms with E-state index in [1.165, 1.54) is 36.8 Å². The molecule has 2 aromatic carbocycles. The van der Waals surface area contributed by atoms with Crippen LogP contribution in [0.1, 0.15) is 44.7 Å². The third-order valence-corrected chi connectivity index (χ3v) is 8.79. The summed E-state index contributed by atoms with van der Waals surface area (Å²) in [6.45, 7) is 0.403. The van der Waals surface area contributed by atoms with Gasteiger partial charge in [-0.25, -0.2) is 13.1 Å². The van der Waals surface area contributed by atoms with E-state index in [1.54, 1.807) is 18.2 Å². The van der Waals surface area contributed by atoms with Gasteiger partial charge in [0.1, 0.15) is 12.3 Å². The number of hydrogen-bond donors (Lipinski definition) is 4. The molecule has 0 radical (unpaired) electrons. The summed E-state index contributed by atoms with van der Waals surface area (Å²) in [5.41, 5.74) is 1.87. The van der Waals surface area contributed by atoms with Gasteiger partial charge in [-0.05, 0) is 69.0 Å². The minimum Gasteiger partial charge on any atom is -0.495 e. The predicted molar refractivity (Wildman–Crippen MR) is 161 cm³/mol. The highest BCUT2D eigenvalue weighted by Gasteiger charge is 2.30. The molecule has 0 atom stereocenters. The summed E-state index contributed by atoms with van der Waals surface area (Å²) < 4.78 is 74.1. The van der Waals surface area contributed by atoms with Crippen molar-refractivity contribution in [2.24, 2.45) is 0 Å². The van der Waals surface area contributed by atoms with Crippen LogP contribution in [0.3, 0.4) is 0 Å². The number of benzene rings is 2. The number of nitrogens with zero attached hydrogens (tertiary/aromatic N) is 1. The molecule has 13 heteroatoms. The zero-order valence-electron chi connectivity index (χ0n) is 24.3. The minimum atomic E-state index is -4.44. The second-order valence-corrected chi connectivity index (χ2v) is 12.0. The van der Waals surface area contributed by atoms with E-state index in [0.717, 1.165) is 31.4 Å². The van der Waals surface area contributed by atoms with Crippen LogP contribution in [-0.2, 0) is 21.4 Å². The summed E-state index contributed by atoms with van der Waals surface area (Å²) in [5.74, 6) is 5.30. The molecule has 0 saturated heterocycles. The van der Waals surface area contributed by atoms with Crippen molar-refractivity contribution in [2.45, 2.75) is 68.7 Å². The zero-order chi connectivity index (χ0) is 31.2. The molecule has 1 fully saturated rings. The zero-order valence-corrected chi connectivity index (χ0v) is 25.1. The standard InChI is InChI=1S/C30H36F3N5O4S/c1-4-29(39)37-43(40,41)23-14-15-26(28(18-23)42-3)35-16-6-7-22-17-24-25(36-21-12-10-20(34-2)11-13-21)8-5-9-27(24)38(22)19-30(31,32)33/h5,8-9,14-15,17-18,20-21,34-36H,4,10-13,16,19H2,1-3H3,(H,37,39)/t20-,21-. The van der Waals surface area contributed by atoms with E-state index in [4.69, 9.17) is 4.74 Å². The molecule has 1 heterocycles. The number of fused-ring (bicyclic) bond motifs is 1. The molecule has 1 saturated carbocycles. The van der Waals surface area contributed by atoms with Gasteiger partial charge in [0.2, 0.25) is 5.91 Å². The van der Waals surface area contributed by atoms with Crippen molar-refractivity contribution in [3.05, 3.63) is 48.2 Å². The van der Waals surface area contributed by atoms with Crippen molar-refractivity contribution in [1.29, 1.82) is 0 Å². The van der Waals surface area contributed by atoms with Crippen molar-refractivity contribution in [3.8, 4) is 17.6 Å². The van der Waals surface area contributed by atoms with Crippen LogP contribution in [0.2, 0.25) is 0 Å².